The quantitative estimate of drug-likeness (QED) is 0.566. The lowest BCUT2D eigenvalue weighted by atomic mass is 10.1. The van der Waals surface area contributed by atoms with Crippen molar-refractivity contribution in [1.82, 2.24) is 20.5 Å². The number of hydrogen-bond donors (Lipinski definition) is 1. The standard InChI is InChI=1S/C24H26ClN5O3/c1-16(2)33-22-6-5-17(12-20(22)25)21-13-19(15-28-29-21)24(31)27-14-18-4-3-7-26-23(18)30-8-10-32-11-9-30/h3-7,12-13,15-16H,8-11,14H2,1-2H3,(H,27,31). The summed E-state index contributed by atoms with van der Waals surface area (Å²) in [5.41, 5.74) is 2.66. The van der Waals surface area contributed by atoms with E-state index in [4.69, 9.17) is 21.1 Å². The van der Waals surface area contributed by atoms with Gasteiger partial charge in [0.25, 0.3) is 5.91 Å². The van der Waals surface area contributed by atoms with Crippen LogP contribution < -0.4 is 15.0 Å². The number of carbonyl (C=O) groups is 1. The lowest BCUT2D eigenvalue weighted by Crippen LogP contribution is -2.37. The molecule has 0 aliphatic carbocycles. The predicted molar refractivity (Wildman–Crippen MR) is 127 cm³/mol. The third kappa shape index (κ3) is 5.77. The fourth-order valence-corrected chi connectivity index (χ4v) is 3.77. The Morgan fingerprint density at radius 2 is 2.06 bits per heavy atom. The second-order valence-corrected chi connectivity index (χ2v) is 8.32. The Labute approximate surface area is 197 Å². The third-order valence-electron chi connectivity index (χ3n) is 5.12. The monoisotopic (exact) mass is 467 g/mol. The molecule has 172 valence electrons. The van der Waals surface area contributed by atoms with E-state index in [2.05, 4.69) is 25.4 Å². The second-order valence-electron chi connectivity index (χ2n) is 7.91. The first kappa shape index (κ1) is 22.9. The molecular formula is C24H26ClN5O3. The molecule has 0 bridgehead atoms. The Kier molecular flexibility index (Phi) is 7.36. The SMILES string of the molecule is CC(C)Oc1ccc(-c2cc(C(=O)NCc3cccnc3N3CCOCC3)cnn2)cc1Cl. The van der Waals surface area contributed by atoms with Crippen molar-refractivity contribution >= 4 is 23.3 Å². The van der Waals surface area contributed by atoms with Crippen LogP contribution >= 0.6 is 11.6 Å². The number of benzene rings is 1. The average Bonchev–Trinajstić information content (AvgIpc) is 2.84. The van der Waals surface area contributed by atoms with E-state index >= 15 is 0 Å². The Balaban J connectivity index is 1.46. The van der Waals surface area contributed by atoms with Crippen molar-refractivity contribution in [3.63, 3.8) is 0 Å². The molecule has 1 fully saturated rings. The molecule has 4 rings (SSSR count). The predicted octanol–water partition coefficient (Wildman–Crippen LogP) is 3.75. The van der Waals surface area contributed by atoms with Crippen LogP contribution in [0.1, 0.15) is 29.8 Å². The third-order valence-corrected chi connectivity index (χ3v) is 5.42. The first-order valence-corrected chi connectivity index (χ1v) is 11.2. The highest BCUT2D eigenvalue weighted by Gasteiger charge is 2.17. The lowest BCUT2D eigenvalue weighted by molar-refractivity contribution is 0.0950. The smallest absolute Gasteiger partial charge is 0.253 e. The van der Waals surface area contributed by atoms with Crippen LogP contribution in [0.4, 0.5) is 5.82 Å². The van der Waals surface area contributed by atoms with Gasteiger partial charge in [-0.25, -0.2) is 4.98 Å². The van der Waals surface area contributed by atoms with E-state index in [0.29, 0.717) is 41.8 Å². The number of amides is 1. The summed E-state index contributed by atoms with van der Waals surface area (Å²) in [6.45, 7) is 7.12. The van der Waals surface area contributed by atoms with Crippen LogP contribution in [0.25, 0.3) is 11.3 Å². The number of rotatable bonds is 7. The molecule has 0 saturated carbocycles. The van der Waals surface area contributed by atoms with Gasteiger partial charge in [-0.1, -0.05) is 17.7 Å². The maximum absolute atomic E-state index is 12.9. The molecule has 9 heteroatoms. The van der Waals surface area contributed by atoms with E-state index in [1.165, 1.54) is 6.20 Å². The number of pyridine rings is 1. The van der Waals surface area contributed by atoms with Gasteiger partial charge in [-0.2, -0.15) is 10.2 Å². The highest BCUT2D eigenvalue weighted by Crippen LogP contribution is 2.30. The fourth-order valence-electron chi connectivity index (χ4n) is 3.55. The Hall–Kier alpha value is -3.23. The molecule has 33 heavy (non-hydrogen) atoms. The topological polar surface area (TPSA) is 89.5 Å². The van der Waals surface area contributed by atoms with Crippen LogP contribution in [-0.2, 0) is 11.3 Å². The van der Waals surface area contributed by atoms with Crippen molar-refractivity contribution in [2.24, 2.45) is 0 Å². The minimum absolute atomic E-state index is 0.0174. The van der Waals surface area contributed by atoms with Crippen LogP contribution in [0.15, 0.2) is 48.8 Å². The highest BCUT2D eigenvalue weighted by molar-refractivity contribution is 6.32. The van der Waals surface area contributed by atoms with Crippen LogP contribution in [0.2, 0.25) is 5.02 Å². The maximum atomic E-state index is 12.9. The van der Waals surface area contributed by atoms with Crippen LogP contribution in [0, 0.1) is 0 Å². The van der Waals surface area contributed by atoms with Gasteiger partial charge >= 0.3 is 0 Å². The summed E-state index contributed by atoms with van der Waals surface area (Å²) in [6.07, 6.45) is 3.23. The molecule has 1 amide bonds. The number of nitrogens with one attached hydrogen (secondary N) is 1. The number of ether oxygens (including phenoxy) is 2. The van der Waals surface area contributed by atoms with E-state index in [9.17, 15) is 4.79 Å². The molecule has 1 N–H and O–H groups in total. The molecule has 1 aliphatic heterocycles. The number of hydrogen-bond acceptors (Lipinski definition) is 7. The van der Waals surface area contributed by atoms with Crippen molar-refractivity contribution in [3.8, 4) is 17.0 Å². The zero-order chi connectivity index (χ0) is 23.2. The fraction of sp³-hybridized carbons (Fsp3) is 0.333. The van der Waals surface area contributed by atoms with Gasteiger partial charge in [0, 0.05) is 37.0 Å². The molecule has 8 nitrogen and oxygen atoms in total. The molecule has 3 aromatic rings. The van der Waals surface area contributed by atoms with E-state index < -0.39 is 0 Å². The van der Waals surface area contributed by atoms with E-state index in [1.54, 1.807) is 24.4 Å². The van der Waals surface area contributed by atoms with Crippen molar-refractivity contribution in [2.45, 2.75) is 26.5 Å². The molecule has 1 aromatic carbocycles. The maximum Gasteiger partial charge on any atom is 0.253 e. The molecule has 3 heterocycles. The zero-order valence-electron chi connectivity index (χ0n) is 18.6. The van der Waals surface area contributed by atoms with Gasteiger partial charge in [-0.05, 0) is 44.2 Å². The lowest BCUT2D eigenvalue weighted by Gasteiger charge is -2.29. The zero-order valence-corrected chi connectivity index (χ0v) is 19.4. The number of halogens is 1. The minimum Gasteiger partial charge on any atom is -0.489 e. The van der Waals surface area contributed by atoms with Crippen molar-refractivity contribution in [3.05, 3.63) is 64.9 Å². The summed E-state index contributed by atoms with van der Waals surface area (Å²) in [5, 5.41) is 11.6. The van der Waals surface area contributed by atoms with Crippen molar-refractivity contribution < 1.29 is 14.3 Å². The number of nitrogens with zero attached hydrogens (tertiary/aromatic N) is 4. The molecular weight excluding hydrogens is 442 g/mol. The normalized spacial score (nSPS) is 13.8. The number of carbonyl (C=O) groups excluding carboxylic acids is 1. The first-order valence-electron chi connectivity index (χ1n) is 10.9. The van der Waals surface area contributed by atoms with Crippen LogP contribution in [0.3, 0.4) is 0 Å². The van der Waals surface area contributed by atoms with Crippen LogP contribution in [-0.4, -0.2) is 53.5 Å². The largest absolute Gasteiger partial charge is 0.489 e. The van der Waals surface area contributed by atoms with E-state index in [-0.39, 0.29) is 12.0 Å². The Morgan fingerprint density at radius 3 is 2.82 bits per heavy atom. The average molecular weight is 468 g/mol. The second kappa shape index (κ2) is 10.6. The number of anilines is 1. The minimum atomic E-state index is -0.242. The van der Waals surface area contributed by atoms with E-state index in [0.717, 1.165) is 30.0 Å². The number of morpholine rings is 1. The summed E-state index contributed by atoms with van der Waals surface area (Å²) in [4.78, 5) is 19.5. The van der Waals surface area contributed by atoms with Crippen molar-refractivity contribution in [1.29, 1.82) is 0 Å². The molecule has 1 aliphatic rings. The van der Waals surface area contributed by atoms with Gasteiger partial charge in [0.2, 0.25) is 0 Å². The summed E-state index contributed by atoms with van der Waals surface area (Å²) >= 11 is 6.35. The summed E-state index contributed by atoms with van der Waals surface area (Å²) in [7, 11) is 0. The number of aromatic nitrogens is 3. The molecule has 0 unspecified atom stereocenters. The van der Waals surface area contributed by atoms with E-state index in [1.807, 2.05) is 32.0 Å². The molecule has 1 saturated heterocycles. The molecule has 2 aromatic heterocycles. The summed E-state index contributed by atoms with van der Waals surface area (Å²) < 4.78 is 11.1. The van der Waals surface area contributed by atoms with Gasteiger partial charge in [0.1, 0.15) is 11.6 Å². The van der Waals surface area contributed by atoms with Gasteiger partial charge in [-0.3, -0.25) is 4.79 Å². The van der Waals surface area contributed by atoms with Gasteiger partial charge < -0.3 is 19.7 Å². The molecule has 0 spiro atoms. The molecule has 0 atom stereocenters. The first-order chi connectivity index (χ1) is 16.0. The summed E-state index contributed by atoms with van der Waals surface area (Å²) in [5.74, 6) is 1.23. The van der Waals surface area contributed by atoms with Gasteiger partial charge in [0.15, 0.2) is 0 Å². The highest BCUT2D eigenvalue weighted by atomic mass is 35.5. The van der Waals surface area contributed by atoms with Gasteiger partial charge in [0.05, 0.1) is 41.8 Å². The molecule has 0 radical (unpaired) electrons. The van der Waals surface area contributed by atoms with Crippen LogP contribution in [0.5, 0.6) is 5.75 Å². The Morgan fingerprint density at radius 1 is 1.24 bits per heavy atom. The Bertz CT molecular complexity index is 1120. The van der Waals surface area contributed by atoms with Gasteiger partial charge in [-0.15, -0.1) is 0 Å². The van der Waals surface area contributed by atoms with Crippen molar-refractivity contribution in [2.75, 3.05) is 31.2 Å². The summed E-state index contributed by atoms with van der Waals surface area (Å²) in [6, 6.07) is 10.9.